The molecule has 1 aromatic heterocycles. The SMILES string of the molecule is CN(Cc1cn[nH]c1)C(=O)N1C(C(=O)O)CSC1C1CC1. The Bertz CT molecular complexity index is 532. The predicted molar refractivity (Wildman–Crippen MR) is 77.7 cm³/mol. The minimum absolute atomic E-state index is 0.00500. The van der Waals surface area contributed by atoms with Crippen molar-refractivity contribution in [2.24, 2.45) is 5.92 Å². The molecule has 2 heterocycles. The third kappa shape index (κ3) is 2.85. The lowest BCUT2D eigenvalue weighted by Gasteiger charge is -2.31. The average molecular weight is 310 g/mol. The van der Waals surface area contributed by atoms with Gasteiger partial charge in [-0.15, -0.1) is 11.8 Å². The van der Waals surface area contributed by atoms with E-state index in [2.05, 4.69) is 10.2 Å². The molecule has 7 nitrogen and oxygen atoms in total. The highest BCUT2D eigenvalue weighted by Crippen LogP contribution is 2.45. The van der Waals surface area contributed by atoms with E-state index in [1.165, 1.54) is 0 Å². The minimum Gasteiger partial charge on any atom is -0.480 e. The number of nitrogens with one attached hydrogen (secondary N) is 1. The third-order valence-electron chi connectivity index (χ3n) is 3.87. The van der Waals surface area contributed by atoms with Crippen LogP contribution in [0.15, 0.2) is 12.4 Å². The maximum Gasteiger partial charge on any atom is 0.327 e. The van der Waals surface area contributed by atoms with Gasteiger partial charge in [0.05, 0.1) is 18.1 Å². The van der Waals surface area contributed by atoms with Gasteiger partial charge in [-0.3, -0.25) is 10.00 Å². The number of aromatic amines is 1. The number of thioether (sulfide) groups is 1. The average Bonchev–Trinajstić information content (AvgIpc) is 3.00. The van der Waals surface area contributed by atoms with E-state index in [0.29, 0.717) is 18.2 Å². The largest absolute Gasteiger partial charge is 0.480 e. The Morgan fingerprint density at radius 3 is 2.90 bits per heavy atom. The molecule has 2 aliphatic rings. The van der Waals surface area contributed by atoms with Gasteiger partial charge in [-0.1, -0.05) is 0 Å². The molecule has 2 fully saturated rings. The Morgan fingerprint density at radius 1 is 1.57 bits per heavy atom. The number of H-pyrrole nitrogens is 1. The zero-order chi connectivity index (χ0) is 15.0. The molecular weight excluding hydrogens is 292 g/mol. The number of nitrogens with zero attached hydrogens (tertiary/aromatic N) is 3. The smallest absolute Gasteiger partial charge is 0.327 e. The van der Waals surface area contributed by atoms with Gasteiger partial charge in [0.15, 0.2) is 0 Å². The summed E-state index contributed by atoms with van der Waals surface area (Å²) in [5.74, 6) is 0.00301. The summed E-state index contributed by atoms with van der Waals surface area (Å²) in [5.41, 5.74) is 0.896. The summed E-state index contributed by atoms with van der Waals surface area (Å²) in [6, 6.07) is -0.939. The van der Waals surface area contributed by atoms with E-state index >= 15 is 0 Å². The summed E-state index contributed by atoms with van der Waals surface area (Å²) in [6.45, 7) is 0.417. The van der Waals surface area contributed by atoms with E-state index in [1.54, 1.807) is 41.0 Å². The topological polar surface area (TPSA) is 89.5 Å². The van der Waals surface area contributed by atoms with Crippen LogP contribution in [0, 0.1) is 5.92 Å². The van der Waals surface area contributed by atoms with E-state index < -0.39 is 12.0 Å². The maximum atomic E-state index is 12.7. The molecule has 8 heteroatoms. The van der Waals surface area contributed by atoms with Crippen molar-refractivity contribution in [2.45, 2.75) is 30.8 Å². The molecule has 1 saturated carbocycles. The second kappa shape index (κ2) is 5.59. The standard InChI is InChI=1S/C13H18N4O3S/c1-16(6-8-4-14-15-5-8)13(20)17-10(12(18)19)7-21-11(17)9-2-3-9/h4-5,9-11H,2-3,6-7H2,1H3,(H,14,15)(H,18,19). The highest BCUT2D eigenvalue weighted by molar-refractivity contribution is 8.00. The first-order valence-corrected chi connectivity index (χ1v) is 7.98. The first-order valence-electron chi connectivity index (χ1n) is 6.93. The van der Waals surface area contributed by atoms with Crippen LogP contribution >= 0.6 is 11.8 Å². The van der Waals surface area contributed by atoms with Crippen molar-refractivity contribution in [3.05, 3.63) is 18.0 Å². The summed E-state index contributed by atoms with van der Waals surface area (Å²) in [4.78, 5) is 27.2. The van der Waals surface area contributed by atoms with Gasteiger partial charge in [0.1, 0.15) is 6.04 Å². The van der Waals surface area contributed by atoms with Crippen LogP contribution in [0.5, 0.6) is 0 Å². The molecule has 0 spiro atoms. The summed E-state index contributed by atoms with van der Waals surface area (Å²) < 4.78 is 0. The van der Waals surface area contributed by atoms with Crippen LogP contribution in [-0.4, -0.2) is 61.3 Å². The second-order valence-corrected chi connectivity index (χ2v) is 6.72. The Hall–Kier alpha value is -1.70. The molecular formula is C13H18N4O3S. The molecule has 0 aromatic carbocycles. The van der Waals surface area contributed by atoms with Crippen LogP contribution in [-0.2, 0) is 11.3 Å². The lowest BCUT2D eigenvalue weighted by Crippen LogP contribution is -2.51. The van der Waals surface area contributed by atoms with Gasteiger partial charge in [-0.25, -0.2) is 9.59 Å². The predicted octanol–water partition coefficient (Wildman–Crippen LogP) is 1.20. The van der Waals surface area contributed by atoms with Crippen LogP contribution in [0.3, 0.4) is 0 Å². The number of rotatable bonds is 4. The van der Waals surface area contributed by atoms with Crippen LogP contribution in [0.25, 0.3) is 0 Å². The molecule has 2 amide bonds. The number of aromatic nitrogens is 2. The van der Waals surface area contributed by atoms with Gasteiger partial charge in [0, 0.05) is 24.6 Å². The van der Waals surface area contributed by atoms with Crippen LogP contribution in [0.1, 0.15) is 18.4 Å². The Morgan fingerprint density at radius 2 is 2.33 bits per heavy atom. The lowest BCUT2D eigenvalue weighted by molar-refractivity contribution is -0.141. The molecule has 1 aliphatic heterocycles. The Labute approximate surface area is 126 Å². The molecule has 2 atom stereocenters. The number of amides is 2. The quantitative estimate of drug-likeness (QED) is 0.872. The number of hydrogen-bond donors (Lipinski definition) is 2. The molecule has 1 saturated heterocycles. The number of carboxylic acid groups (broad SMARTS) is 1. The normalized spacial score (nSPS) is 25.1. The molecule has 1 aromatic rings. The van der Waals surface area contributed by atoms with Gasteiger partial charge in [-0.05, 0) is 18.8 Å². The Kier molecular flexibility index (Phi) is 3.79. The zero-order valence-corrected chi connectivity index (χ0v) is 12.5. The number of urea groups is 1. The van der Waals surface area contributed by atoms with E-state index in [9.17, 15) is 14.7 Å². The van der Waals surface area contributed by atoms with Crippen LogP contribution < -0.4 is 0 Å². The van der Waals surface area contributed by atoms with Crippen molar-refractivity contribution in [1.82, 2.24) is 20.0 Å². The zero-order valence-electron chi connectivity index (χ0n) is 11.7. The van der Waals surface area contributed by atoms with Crippen molar-refractivity contribution in [3.63, 3.8) is 0 Å². The highest BCUT2D eigenvalue weighted by Gasteiger charge is 2.48. The molecule has 0 bridgehead atoms. The van der Waals surface area contributed by atoms with E-state index in [4.69, 9.17) is 0 Å². The molecule has 21 heavy (non-hydrogen) atoms. The summed E-state index contributed by atoms with van der Waals surface area (Å²) in [6.07, 6.45) is 5.56. The van der Waals surface area contributed by atoms with Crippen molar-refractivity contribution in [3.8, 4) is 0 Å². The molecule has 2 N–H and O–H groups in total. The van der Waals surface area contributed by atoms with E-state index in [0.717, 1.165) is 18.4 Å². The molecule has 3 rings (SSSR count). The number of aliphatic carboxylic acids is 1. The monoisotopic (exact) mass is 310 g/mol. The summed E-state index contributed by atoms with van der Waals surface area (Å²) in [7, 11) is 1.70. The fourth-order valence-electron chi connectivity index (χ4n) is 2.61. The van der Waals surface area contributed by atoms with E-state index in [-0.39, 0.29) is 11.4 Å². The molecule has 114 valence electrons. The van der Waals surface area contributed by atoms with E-state index in [1.807, 2.05) is 0 Å². The first kappa shape index (κ1) is 14.2. The maximum absolute atomic E-state index is 12.7. The fourth-order valence-corrected chi connectivity index (χ4v) is 4.23. The molecule has 2 unspecified atom stereocenters. The summed E-state index contributed by atoms with van der Waals surface area (Å²) in [5, 5.41) is 15.9. The second-order valence-electron chi connectivity index (χ2n) is 5.57. The number of carbonyl (C=O) groups excluding carboxylic acids is 1. The summed E-state index contributed by atoms with van der Waals surface area (Å²) >= 11 is 1.59. The van der Waals surface area contributed by atoms with Gasteiger partial charge >= 0.3 is 12.0 Å². The molecule has 1 aliphatic carbocycles. The van der Waals surface area contributed by atoms with Crippen LogP contribution in [0.2, 0.25) is 0 Å². The van der Waals surface area contributed by atoms with Gasteiger partial charge in [0.2, 0.25) is 0 Å². The lowest BCUT2D eigenvalue weighted by atomic mass is 10.2. The Balaban J connectivity index is 1.74. The third-order valence-corrected chi connectivity index (χ3v) is 5.33. The highest BCUT2D eigenvalue weighted by atomic mass is 32.2. The number of carbonyl (C=O) groups is 2. The van der Waals surface area contributed by atoms with Gasteiger partial charge in [0.25, 0.3) is 0 Å². The van der Waals surface area contributed by atoms with Crippen molar-refractivity contribution in [2.75, 3.05) is 12.8 Å². The number of carboxylic acids is 1. The first-order chi connectivity index (χ1) is 10.1. The minimum atomic E-state index is -0.921. The number of hydrogen-bond acceptors (Lipinski definition) is 4. The van der Waals surface area contributed by atoms with Crippen molar-refractivity contribution in [1.29, 1.82) is 0 Å². The van der Waals surface area contributed by atoms with Crippen molar-refractivity contribution < 1.29 is 14.7 Å². The fraction of sp³-hybridized carbons (Fsp3) is 0.615. The molecule has 0 radical (unpaired) electrons. The van der Waals surface area contributed by atoms with Crippen molar-refractivity contribution >= 4 is 23.8 Å². The van der Waals surface area contributed by atoms with Gasteiger partial charge < -0.3 is 10.0 Å². The van der Waals surface area contributed by atoms with Crippen LogP contribution in [0.4, 0.5) is 4.79 Å². The van der Waals surface area contributed by atoms with Gasteiger partial charge in [-0.2, -0.15) is 5.10 Å².